The Morgan fingerprint density at radius 2 is 1.56 bits per heavy atom. The molecular weight excluding hydrogens is 358 g/mol. The average Bonchev–Trinajstić information content (AvgIpc) is 2.62. The minimum absolute atomic E-state index is 0.0697. The molecule has 1 saturated heterocycles. The number of hydrogen-bond donors (Lipinski definition) is 1. The molecule has 7 heteroatoms. The fourth-order valence-corrected chi connectivity index (χ4v) is 3.71. The van der Waals surface area contributed by atoms with Crippen LogP contribution in [0, 0.1) is 0 Å². The summed E-state index contributed by atoms with van der Waals surface area (Å²) in [6, 6.07) is 15.5. The van der Waals surface area contributed by atoms with Crippen LogP contribution in [0.1, 0.15) is 6.92 Å². The molecule has 0 spiro atoms. The van der Waals surface area contributed by atoms with Crippen LogP contribution in [0.4, 0.5) is 17.1 Å². The van der Waals surface area contributed by atoms with E-state index in [1.165, 1.54) is 0 Å². The minimum Gasteiger partial charge on any atom is -0.368 e. The third-order valence-corrected chi connectivity index (χ3v) is 5.88. The molecular formula is C18H22ClN3O2S. The summed E-state index contributed by atoms with van der Waals surface area (Å²) in [5.41, 5.74) is 2.85. The smallest absolute Gasteiger partial charge is 0.232 e. The van der Waals surface area contributed by atoms with Crippen molar-refractivity contribution in [2.75, 3.05) is 46.5 Å². The topological polar surface area (TPSA) is 52.7 Å². The zero-order valence-electron chi connectivity index (χ0n) is 14.2. The van der Waals surface area contributed by atoms with Gasteiger partial charge in [0, 0.05) is 48.3 Å². The van der Waals surface area contributed by atoms with E-state index < -0.39 is 10.0 Å². The summed E-state index contributed by atoms with van der Waals surface area (Å²) in [5, 5.41) is 0.755. The predicted octanol–water partition coefficient (Wildman–Crippen LogP) is 3.43. The van der Waals surface area contributed by atoms with Crippen LogP contribution in [0.25, 0.3) is 0 Å². The van der Waals surface area contributed by atoms with Gasteiger partial charge in [-0.15, -0.1) is 0 Å². The van der Waals surface area contributed by atoms with E-state index in [0.717, 1.165) is 42.6 Å². The molecule has 1 aliphatic rings. The summed E-state index contributed by atoms with van der Waals surface area (Å²) in [7, 11) is -3.23. The predicted molar refractivity (Wildman–Crippen MR) is 105 cm³/mol. The number of sulfonamides is 1. The highest BCUT2D eigenvalue weighted by molar-refractivity contribution is 7.92. The number of hydrogen-bond acceptors (Lipinski definition) is 4. The van der Waals surface area contributed by atoms with Crippen molar-refractivity contribution >= 4 is 38.7 Å². The fraction of sp³-hybridized carbons (Fsp3) is 0.333. The van der Waals surface area contributed by atoms with Crippen LogP contribution >= 0.6 is 11.6 Å². The number of benzene rings is 2. The number of rotatable bonds is 5. The molecule has 3 rings (SSSR count). The first kappa shape index (κ1) is 17.9. The van der Waals surface area contributed by atoms with E-state index >= 15 is 0 Å². The van der Waals surface area contributed by atoms with Crippen molar-refractivity contribution in [3.8, 4) is 0 Å². The third-order valence-electron chi connectivity index (χ3n) is 4.34. The molecule has 0 unspecified atom stereocenters. The van der Waals surface area contributed by atoms with E-state index in [1.54, 1.807) is 6.92 Å². The van der Waals surface area contributed by atoms with Crippen LogP contribution in [-0.4, -0.2) is 40.3 Å². The Bertz CT molecular complexity index is 816. The third kappa shape index (κ3) is 4.58. The van der Waals surface area contributed by atoms with E-state index in [1.807, 2.05) is 42.5 Å². The molecule has 2 aromatic rings. The average molecular weight is 380 g/mol. The van der Waals surface area contributed by atoms with E-state index in [9.17, 15) is 8.42 Å². The van der Waals surface area contributed by atoms with Gasteiger partial charge in [0.2, 0.25) is 10.0 Å². The van der Waals surface area contributed by atoms with Crippen molar-refractivity contribution in [1.29, 1.82) is 0 Å². The second-order valence-electron chi connectivity index (χ2n) is 6.01. The molecule has 1 N–H and O–H groups in total. The molecule has 5 nitrogen and oxygen atoms in total. The minimum atomic E-state index is -3.23. The van der Waals surface area contributed by atoms with E-state index in [2.05, 4.69) is 20.6 Å². The molecule has 0 amide bonds. The highest BCUT2D eigenvalue weighted by atomic mass is 35.5. The van der Waals surface area contributed by atoms with Gasteiger partial charge in [-0.3, -0.25) is 4.72 Å². The van der Waals surface area contributed by atoms with Gasteiger partial charge < -0.3 is 9.80 Å². The van der Waals surface area contributed by atoms with Gasteiger partial charge in [0.25, 0.3) is 0 Å². The zero-order chi connectivity index (χ0) is 17.9. The Hall–Kier alpha value is -1.92. The Morgan fingerprint density at radius 3 is 2.12 bits per heavy atom. The summed E-state index contributed by atoms with van der Waals surface area (Å²) in [5.74, 6) is 0.0697. The second kappa shape index (κ2) is 7.54. The van der Waals surface area contributed by atoms with Gasteiger partial charge in [-0.2, -0.15) is 0 Å². The van der Waals surface area contributed by atoms with Crippen LogP contribution in [0.2, 0.25) is 5.02 Å². The van der Waals surface area contributed by atoms with Crippen LogP contribution < -0.4 is 14.5 Å². The molecule has 0 radical (unpaired) electrons. The number of nitrogens with zero attached hydrogens (tertiary/aromatic N) is 2. The maximum absolute atomic E-state index is 11.6. The Balaban J connectivity index is 1.61. The molecule has 0 saturated carbocycles. The van der Waals surface area contributed by atoms with Crippen LogP contribution in [0.5, 0.6) is 0 Å². The molecule has 0 aromatic heterocycles. The van der Waals surface area contributed by atoms with Crippen molar-refractivity contribution in [2.45, 2.75) is 6.92 Å². The Morgan fingerprint density at radius 1 is 0.960 bits per heavy atom. The lowest BCUT2D eigenvalue weighted by Gasteiger charge is -2.37. The molecule has 2 aromatic carbocycles. The summed E-state index contributed by atoms with van der Waals surface area (Å²) in [4.78, 5) is 4.63. The molecule has 134 valence electrons. The summed E-state index contributed by atoms with van der Waals surface area (Å²) < 4.78 is 25.8. The monoisotopic (exact) mass is 379 g/mol. The summed E-state index contributed by atoms with van der Waals surface area (Å²) in [6.45, 7) is 5.28. The first-order valence-corrected chi connectivity index (χ1v) is 10.4. The molecule has 0 atom stereocenters. The van der Waals surface area contributed by atoms with E-state index in [4.69, 9.17) is 11.6 Å². The van der Waals surface area contributed by atoms with Gasteiger partial charge in [-0.25, -0.2) is 8.42 Å². The Labute approximate surface area is 154 Å². The molecule has 1 fully saturated rings. The molecule has 1 heterocycles. The number of nitrogens with one attached hydrogen (secondary N) is 1. The maximum atomic E-state index is 11.6. The number of anilines is 3. The van der Waals surface area contributed by atoms with Crippen molar-refractivity contribution in [3.63, 3.8) is 0 Å². The largest absolute Gasteiger partial charge is 0.368 e. The van der Waals surface area contributed by atoms with Crippen molar-refractivity contribution in [3.05, 3.63) is 53.6 Å². The second-order valence-corrected chi connectivity index (χ2v) is 8.45. The van der Waals surface area contributed by atoms with Crippen molar-refractivity contribution in [2.24, 2.45) is 0 Å². The fourth-order valence-electron chi connectivity index (χ4n) is 2.89. The molecule has 0 bridgehead atoms. The Kier molecular flexibility index (Phi) is 5.39. The lowest BCUT2D eigenvalue weighted by molar-refractivity contribution is 0.602. The van der Waals surface area contributed by atoms with Gasteiger partial charge in [0.05, 0.1) is 5.75 Å². The molecule has 1 aliphatic heterocycles. The normalized spacial score (nSPS) is 15.3. The maximum Gasteiger partial charge on any atom is 0.232 e. The summed E-state index contributed by atoms with van der Waals surface area (Å²) >= 11 is 6.07. The molecule has 25 heavy (non-hydrogen) atoms. The first-order valence-electron chi connectivity index (χ1n) is 8.33. The van der Waals surface area contributed by atoms with Gasteiger partial charge in [0.1, 0.15) is 0 Å². The highest BCUT2D eigenvalue weighted by Gasteiger charge is 2.18. The lowest BCUT2D eigenvalue weighted by atomic mass is 10.2. The van der Waals surface area contributed by atoms with Crippen molar-refractivity contribution < 1.29 is 8.42 Å². The number of halogens is 1. The van der Waals surface area contributed by atoms with Gasteiger partial charge in [-0.05, 0) is 49.4 Å². The van der Waals surface area contributed by atoms with E-state index in [-0.39, 0.29) is 5.75 Å². The highest BCUT2D eigenvalue weighted by Crippen LogP contribution is 2.24. The van der Waals surface area contributed by atoms with Gasteiger partial charge in [0.15, 0.2) is 0 Å². The summed E-state index contributed by atoms with van der Waals surface area (Å²) in [6.07, 6.45) is 0. The zero-order valence-corrected chi connectivity index (χ0v) is 15.7. The molecule has 0 aliphatic carbocycles. The van der Waals surface area contributed by atoms with E-state index in [0.29, 0.717) is 5.69 Å². The van der Waals surface area contributed by atoms with Crippen LogP contribution in [0.15, 0.2) is 48.5 Å². The standard InChI is InChI=1S/C18H22ClN3O2S/c1-2-25(23,24)20-16-6-8-17(9-7-16)21-10-12-22(13-11-21)18-5-3-4-15(19)14-18/h3-9,14,20H,2,10-13H2,1H3. The van der Waals surface area contributed by atoms with Crippen LogP contribution in [-0.2, 0) is 10.0 Å². The quantitative estimate of drug-likeness (QED) is 0.864. The van der Waals surface area contributed by atoms with Crippen molar-refractivity contribution in [1.82, 2.24) is 0 Å². The van der Waals surface area contributed by atoms with Crippen LogP contribution in [0.3, 0.4) is 0 Å². The number of piperazine rings is 1. The SMILES string of the molecule is CCS(=O)(=O)Nc1ccc(N2CCN(c3cccc(Cl)c3)CC2)cc1. The first-order chi connectivity index (χ1) is 12.0. The lowest BCUT2D eigenvalue weighted by Crippen LogP contribution is -2.46. The van der Waals surface area contributed by atoms with Gasteiger partial charge >= 0.3 is 0 Å². The van der Waals surface area contributed by atoms with Gasteiger partial charge in [-0.1, -0.05) is 17.7 Å².